The molecule has 9 atom stereocenters. The molecule has 0 radical (unpaired) electrons. The first-order valence-electron chi connectivity index (χ1n) is 8.41. The van der Waals surface area contributed by atoms with E-state index in [4.69, 9.17) is 35.0 Å². The molecule has 0 aromatic rings. The third-order valence-corrected chi connectivity index (χ3v) is 4.62. The monoisotopic (exact) mass is 381 g/mol. The van der Waals surface area contributed by atoms with Crippen LogP contribution < -0.4 is 0 Å². The molecule has 0 spiro atoms. The minimum atomic E-state index is -0.971. The van der Waals surface area contributed by atoms with E-state index >= 15 is 0 Å². The summed E-state index contributed by atoms with van der Waals surface area (Å²) in [4.78, 5) is 8.35. The standard InChI is InChI=1S/C8H16O4.C7H14O4.CHNO/c1-4-5(2)12-6(3-9)8(11)7(4)10;1-4-3-11-7(6(4)10)5(9)2-8;2-1-3/h4-11H,3H2,1-2H3;4-10H,2-3H2,1H3;2H. The summed E-state index contributed by atoms with van der Waals surface area (Å²) in [5.74, 6) is -0.0519. The second-order valence-electron chi connectivity index (χ2n) is 6.52. The SMILES string of the molecule is CC1COC(C(O)CO)C1O.CC1OC(CO)C(O)C(O)C1C.N=C=O. The Labute approximate surface area is 152 Å². The van der Waals surface area contributed by atoms with Gasteiger partial charge in [0.2, 0.25) is 6.08 Å². The quantitative estimate of drug-likeness (QED) is 0.210. The third kappa shape index (κ3) is 6.99. The van der Waals surface area contributed by atoms with Gasteiger partial charge in [-0.1, -0.05) is 13.8 Å². The first-order valence-corrected chi connectivity index (χ1v) is 8.41. The van der Waals surface area contributed by atoms with Crippen molar-refractivity contribution in [3.8, 4) is 0 Å². The molecule has 9 unspecified atom stereocenters. The normalized spacial score (nSPS) is 40.3. The van der Waals surface area contributed by atoms with E-state index in [-0.39, 0.29) is 31.2 Å². The van der Waals surface area contributed by atoms with Crippen LogP contribution in [0.1, 0.15) is 20.8 Å². The lowest BCUT2D eigenvalue weighted by Crippen LogP contribution is -2.53. The molecule has 10 nitrogen and oxygen atoms in total. The maximum Gasteiger partial charge on any atom is 0.231 e. The molecule has 2 fully saturated rings. The fourth-order valence-corrected chi connectivity index (χ4v) is 2.67. The molecule has 0 aliphatic carbocycles. The summed E-state index contributed by atoms with van der Waals surface area (Å²) in [7, 11) is 0. The summed E-state index contributed by atoms with van der Waals surface area (Å²) in [5, 5.41) is 60.1. The van der Waals surface area contributed by atoms with Crippen LogP contribution in [0, 0.1) is 17.2 Å². The maximum absolute atomic E-state index is 9.48. The van der Waals surface area contributed by atoms with Gasteiger partial charge in [0.05, 0.1) is 38.1 Å². The topological polar surface area (TPSA) is 181 Å². The van der Waals surface area contributed by atoms with Crippen molar-refractivity contribution in [2.45, 2.75) is 63.5 Å². The highest BCUT2D eigenvalue weighted by Crippen LogP contribution is 2.25. The van der Waals surface area contributed by atoms with Gasteiger partial charge in [0, 0.05) is 11.8 Å². The molecule has 154 valence electrons. The minimum Gasteiger partial charge on any atom is -0.394 e. The van der Waals surface area contributed by atoms with Crippen LogP contribution in [0.5, 0.6) is 0 Å². The summed E-state index contributed by atoms with van der Waals surface area (Å²) in [5.41, 5.74) is 0. The molecular formula is C16H31NO9. The molecule has 2 saturated heterocycles. The Bertz CT molecular complexity index is 414. The Morgan fingerprint density at radius 2 is 1.65 bits per heavy atom. The number of isocyanates is 1. The van der Waals surface area contributed by atoms with E-state index in [0.29, 0.717) is 6.61 Å². The highest BCUT2D eigenvalue weighted by molar-refractivity contribution is 5.26. The smallest absolute Gasteiger partial charge is 0.231 e. The van der Waals surface area contributed by atoms with E-state index in [2.05, 4.69) is 0 Å². The maximum atomic E-state index is 9.48. The lowest BCUT2D eigenvalue weighted by molar-refractivity contribution is -0.200. The Hall–Kier alpha value is -0.940. The van der Waals surface area contributed by atoms with Crippen LogP contribution in [0.25, 0.3) is 0 Å². The number of rotatable bonds is 3. The molecule has 26 heavy (non-hydrogen) atoms. The number of carbonyl (C=O) groups excluding carboxylic acids is 1. The van der Waals surface area contributed by atoms with Crippen molar-refractivity contribution < 1.29 is 44.9 Å². The van der Waals surface area contributed by atoms with Crippen LogP contribution in [0.2, 0.25) is 0 Å². The lowest BCUT2D eigenvalue weighted by Gasteiger charge is -2.39. The predicted molar refractivity (Wildman–Crippen MR) is 89.0 cm³/mol. The molecule has 2 aliphatic rings. The predicted octanol–water partition coefficient (Wildman–Crippen LogP) is -2.24. The molecule has 0 bridgehead atoms. The van der Waals surface area contributed by atoms with E-state index in [1.807, 2.05) is 20.8 Å². The Morgan fingerprint density at radius 3 is 2.04 bits per heavy atom. The Kier molecular flexibility index (Phi) is 12.0. The van der Waals surface area contributed by atoms with Gasteiger partial charge in [0.1, 0.15) is 24.4 Å². The van der Waals surface area contributed by atoms with E-state index in [1.165, 1.54) is 0 Å². The zero-order valence-electron chi connectivity index (χ0n) is 15.2. The number of hydrogen-bond donors (Lipinski definition) is 7. The number of aliphatic hydroxyl groups is 6. The van der Waals surface area contributed by atoms with Crippen molar-refractivity contribution in [1.29, 1.82) is 5.41 Å². The number of hydrogen-bond acceptors (Lipinski definition) is 10. The van der Waals surface area contributed by atoms with Gasteiger partial charge in [0.15, 0.2) is 0 Å². The van der Waals surface area contributed by atoms with E-state index < -0.39 is 36.6 Å². The average Bonchev–Trinajstić information content (AvgIpc) is 2.96. The first-order chi connectivity index (χ1) is 12.2. The fourth-order valence-electron chi connectivity index (χ4n) is 2.67. The highest BCUT2D eigenvalue weighted by Gasteiger charge is 2.39. The second-order valence-corrected chi connectivity index (χ2v) is 6.52. The summed E-state index contributed by atoms with van der Waals surface area (Å²) in [6.07, 6.45) is -4.03. The summed E-state index contributed by atoms with van der Waals surface area (Å²) in [6, 6.07) is 0. The van der Waals surface area contributed by atoms with Gasteiger partial charge in [-0.3, -0.25) is 0 Å². The number of ether oxygens (including phenoxy) is 2. The molecular weight excluding hydrogens is 350 g/mol. The summed E-state index contributed by atoms with van der Waals surface area (Å²) < 4.78 is 10.3. The zero-order valence-corrected chi connectivity index (χ0v) is 15.2. The molecule has 0 aromatic heterocycles. The molecule has 7 N–H and O–H groups in total. The van der Waals surface area contributed by atoms with Gasteiger partial charge in [-0.25, -0.2) is 10.2 Å². The Balaban J connectivity index is 0.000000419. The van der Waals surface area contributed by atoms with Gasteiger partial charge < -0.3 is 40.1 Å². The molecule has 2 rings (SSSR count). The average molecular weight is 381 g/mol. The van der Waals surface area contributed by atoms with Crippen LogP contribution in [0.4, 0.5) is 0 Å². The van der Waals surface area contributed by atoms with Crippen molar-refractivity contribution >= 4 is 6.08 Å². The zero-order chi connectivity index (χ0) is 20.4. The molecule has 2 heterocycles. The molecule has 0 saturated carbocycles. The van der Waals surface area contributed by atoms with E-state index in [0.717, 1.165) is 6.08 Å². The van der Waals surface area contributed by atoms with Gasteiger partial charge >= 0.3 is 0 Å². The van der Waals surface area contributed by atoms with Crippen molar-refractivity contribution in [2.75, 3.05) is 19.8 Å². The van der Waals surface area contributed by atoms with Gasteiger partial charge in [-0.05, 0) is 6.92 Å². The first kappa shape index (κ1) is 25.1. The van der Waals surface area contributed by atoms with Gasteiger partial charge in [-0.2, -0.15) is 0 Å². The summed E-state index contributed by atoms with van der Waals surface area (Å²) >= 11 is 0. The van der Waals surface area contributed by atoms with Crippen molar-refractivity contribution in [2.24, 2.45) is 11.8 Å². The minimum absolute atomic E-state index is 0.0428. The second kappa shape index (κ2) is 12.4. The fraction of sp³-hybridized carbons (Fsp3) is 0.938. The van der Waals surface area contributed by atoms with Crippen LogP contribution >= 0.6 is 0 Å². The summed E-state index contributed by atoms with van der Waals surface area (Å²) in [6.45, 7) is 5.30. The van der Waals surface area contributed by atoms with Crippen molar-refractivity contribution in [3.05, 3.63) is 0 Å². The number of nitrogens with one attached hydrogen (secondary N) is 1. The third-order valence-electron chi connectivity index (χ3n) is 4.62. The van der Waals surface area contributed by atoms with Crippen LogP contribution in [0.3, 0.4) is 0 Å². The van der Waals surface area contributed by atoms with Crippen LogP contribution in [0.15, 0.2) is 0 Å². The van der Waals surface area contributed by atoms with Crippen molar-refractivity contribution in [3.63, 3.8) is 0 Å². The van der Waals surface area contributed by atoms with Crippen molar-refractivity contribution in [1.82, 2.24) is 0 Å². The van der Waals surface area contributed by atoms with E-state index in [1.54, 1.807) is 0 Å². The number of aliphatic hydroxyl groups excluding tert-OH is 6. The molecule has 0 aromatic carbocycles. The lowest BCUT2D eigenvalue weighted by atomic mass is 9.89. The van der Waals surface area contributed by atoms with Crippen LogP contribution in [-0.4, -0.2) is 99.3 Å². The highest BCUT2D eigenvalue weighted by atomic mass is 16.5. The molecule has 2 aliphatic heterocycles. The van der Waals surface area contributed by atoms with Crippen LogP contribution in [-0.2, 0) is 14.3 Å². The molecule has 0 amide bonds. The Morgan fingerprint density at radius 1 is 1.12 bits per heavy atom. The van der Waals surface area contributed by atoms with Gasteiger partial charge in [0.25, 0.3) is 0 Å². The van der Waals surface area contributed by atoms with Gasteiger partial charge in [-0.15, -0.1) is 0 Å². The largest absolute Gasteiger partial charge is 0.394 e. The molecule has 10 heteroatoms. The van der Waals surface area contributed by atoms with E-state index in [9.17, 15) is 15.3 Å².